The van der Waals surface area contributed by atoms with E-state index in [1.807, 2.05) is 0 Å². The number of rotatable bonds is 4. The molecule has 0 aliphatic carbocycles. The number of aromatic nitrogens is 1. The van der Waals surface area contributed by atoms with Gasteiger partial charge in [0.15, 0.2) is 5.75 Å². The highest BCUT2D eigenvalue weighted by Crippen LogP contribution is 2.47. The molecule has 0 radical (unpaired) electrons. The topological polar surface area (TPSA) is 80.4 Å². The molecular formula is C21H16F6N2O4. The Hall–Kier alpha value is -3.70. The van der Waals surface area contributed by atoms with E-state index < -0.39 is 46.8 Å². The Morgan fingerprint density at radius 3 is 2.15 bits per heavy atom. The third kappa shape index (κ3) is 5.21. The number of fused-ring (bicyclic) bond motifs is 1. The molecule has 0 bridgehead atoms. The van der Waals surface area contributed by atoms with E-state index in [-0.39, 0.29) is 24.5 Å². The second-order valence-corrected chi connectivity index (χ2v) is 6.85. The quantitative estimate of drug-likeness (QED) is 0.284. The summed E-state index contributed by atoms with van der Waals surface area (Å²) in [5.41, 5.74) is -3.16. The maximum Gasteiger partial charge on any atom is 0.420 e. The smallest absolute Gasteiger partial charge is 0.420 e. The molecule has 3 aromatic rings. The number of H-pyrrole nitrogens is 1. The molecule has 6 nitrogen and oxygen atoms in total. The Bertz CT molecular complexity index is 1180. The normalized spacial score (nSPS) is 12.0. The van der Waals surface area contributed by atoms with Gasteiger partial charge >= 0.3 is 24.2 Å². The maximum absolute atomic E-state index is 13.7. The lowest BCUT2D eigenvalue weighted by atomic mass is 10.1. The Balaban J connectivity index is 2.13. The summed E-state index contributed by atoms with van der Waals surface area (Å²) in [4.78, 5) is 26.1. The molecule has 1 aromatic heterocycles. The number of aromatic amines is 1. The van der Waals surface area contributed by atoms with Crippen LogP contribution in [0.4, 0.5) is 32.0 Å². The number of benzene rings is 2. The number of hydrogen-bond acceptors (Lipinski definition) is 4. The monoisotopic (exact) mass is 474 g/mol. The maximum atomic E-state index is 13.7. The molecule has 3 rings (SSSR count). The largest absolute Gasteiger partial charge is 0.459 e. The zero-order valence-electron chi connectivity index (χ0n) is 17.1. The molecule has 2 N–H and O–H groups in total. The number of nitrogens with one attached hydrogen (secondary N) is 2. The van der Waals surface area contributed by atoms with Crippen LogP contribution in [0.5, 0.6) is 11.5 Å². The molecule has 0 saturated heterocycles. The number of hydrogen-bond donors (Lipinski definition) is 2. The van der Waals surface area contributed by atoms with E-state index in [4.69, 9.17) is 4.74 Å². The third-order valence-electron chi connectivity index (χ3n) is 4.50. The molecule has 176 valence electrons. The van der Waals surface area contributed by atoms with Crippen LogP contribution in [0, 0.1) is 6.92 Å². The van der Waals surface area contributed by atoms with Crippen LogP contribution < -0.4 is 10.1 Å². The minimum atomic E-state index is -5.28. The van der Waals surface area contributed by atoms with Crippen molar-refractivity contribution in [3.63, 3.8) is 0 Å². The zero-order valence-corrected chi connectivity index (χ0v) is 17.1. The van der Waals surface area contributed by atoms with E-state index in [0.29, 0.717) is 16.5 Å². The average molecular weight is 474 g/mol. The molecule has 0 unspecified atom stereocenters. The second-order valence-electron chi connectivity index (χ2n) is 6.85. The van der Waals surface area contributed by atoms with Crippen LogP contribution in [0.3, 0.4) is 0 Å². The highest BCUT2D eigenvalue weighted by Gasteiger charge is 2.43. The molecule has 33 heavy (non-hydrogen) atoms. The fraction of sp³-hybridized carbons (Fsp3) is 0.238. The molecule has 0 fully saturated rings. The van der Waals surface area contributed by atoms with Crippen molar-refractivity contribution in [2.24, 2.45) is 0 Å². The van der Waals surface area contributed by atoms with Gasteiger partial charge in [0.1, 0.15) is 16.9 Å². The Morgan fingerprint density at radius 2 is 1.61 bits per heavy atom. The fourth-order valence-electron chi connectivity index (χ4n) is 3.03. The minimum absolute atomic E-state index is 0.217. The summed E-state index contributed by atoms with van der Waals surface area (Å²) in [6, 6.07) is 4.47. The number of amides is 1. The van der Waals surface area contributed by atoms with Gasteiger partial charge in [-0.05, 0) is 49.7 Å². The Kier molecular flexibility index (Phi) is 6.30. The lowest BCUT2D eigenvalue weighted by Crippen LogP contribution is -2.25. The van der Waals surface area contributed by atoms with Crippen LogP contribution in [0.2, 0.25) is 0 Å². The number of carbonyl (C=O) groups excluding carboxylic acids is 2. The van der Waals surface area contributed by atoms with Crippen molar-refractivity contribution in [2.45, 2.75) is 26.2 Å². The number of anilines is 1. The number of aryl methyl sites for hydroxylation is 1. The van der Waals surface area contributed by atoms with Gasteiger partial charge in [-0.1, -0.05) is 0 Å². The first kappa shape index (κ1) is 24.0. The van der Waals surface area contributed by atoms with E-state index in [1.165, 1.54) is 25.1 Å². The number of alkyl halides is 6. The molecule has 12 heteroatoms. The predicted octanol–water partition coefficient (Wildman–Crippen LogP) is 5.81. The molecule has 0 spiro atoms. The lowest BCUT2D eigenvalue weighted by molar-refractivity contribution is -0.152. The van der Waals surface area contributed by atoms with Gasteiger partial charge in [0.2, 0.25) is 0 Å². The molecular weight excluding hydrogens is 458 g/mol. The van der Waals surface area contributed by atoms with Crippen LogP contribution in [-0.4, -0.2) is 23.5 Å². The summed E-state index contributed by atoms with van der Waals surface area (Å²) in [5, 5.41) is 2.25. The molecule has 0 saturated carbocycles. The van der Waals surface area contributed by atoms with E-state index in [2.05, 4.69) is 9.72 Å². The van der Waals surface area contributed by atoms with Gasteiger partial charge in [-0.3, -0.25) is 4.79 Å². The van der Waals surface area contributed by atoms with E-state index in [9.17, 15) is 35.9 Å². The van der Waals surface area contributed by atoms with Crippen molar-refractivity contribution < 1.29 is 45.4 Å². The highest BCUT2D eigenvalue weighted by molar-refractivity contribution is 6.37. The van der Waals surface area contributed by atoms with E-state index in [0.717, 1.165) is 0 Å². The summed E-state index contributed by atoms with van der Waals surface area (Å²) in [6.45, 7) is 2.85. The lowest BCUT2D eigenvalue weighted by Gasteiger charge is -2.21. The number of ether oxygens (including phenoxy) is 2. The van der Waals surface area contributed by atoms with Gasteiger partial charge in [0, 0.05) is 22.8 Å². The predicted molar refractivity (Wildman–Crippen MR) is 105 cm³/mol. The summed E-state index contributed by atoms with van der Waals surface area (Å²) in [7, 11) is 0. The number of esters is 1. The molecule has 0 atom stereocenters. The first-order valence-corrected chi connectivity index (χ1v) is 9.37. The second kappa shape index (κ2) is 8.68. The Labute approximate surface area is 182 Å². The summed E-state index contributed by atoms with van der Waals surface area (Å²) < 4.78 is 91.9. The van der Waals surface area contributed by atoms with Crippen LogP contribution in [0.25, 0.3) is 10.9 Å². The van der Waals surface area contributed by atoms with Gasteiger partial charge < -0.3 is 19.8 Å². The Morgan fingerprint density at radius 1 is 1.00 bits per heavy atom. The standard InChI is InChI=1S/C21H16F6N2O4/c1-3-32-19(31)18(30)29-11-6-14(20(22,23)24)17(15(7-11)21(25,26)27)33-12-4-5-16-13(8-12)10(2)9-28-16/h4-9,28H,3H2,1-2H3,(H,29,30). The summed E-state index contributed by atoms with van der Waals surface area (Å²) in [5.74, 6) is -4.74. The molecule has 2 aromatic carbocycles. The van der Waals surface area contributed by atoms with Crippen molar-refractivity contribution in [3.05, 3.63) is 53.2 Å². The first-order valence-electron chi connectivity index (χ1n) is 9.37. The van der Waals surface area contributed by atoms with Crippen molar-refractivity contribution in [3.8, 4) is 11.5 Å². The van der Waals surface area contributed by atoms with Crippen LogP contribution in [0.1, 0.15) is 23.6 Å². The van der Waals surface area contributed by atoms with Gasteiger partial charge in [-0.2, -0.15) is 26.3 Å². The zero-order chi connectivity index (χ0) is 24.6. The first-order chi connectivity index (χ1) is 15.3. The van der Waals surface area contributed by atoms with Crippen molar-refractivity contribution in [2.75, 3.05) is 11.9 Å². The van der Waals surface area contributed by atoms with E-state index >= 15 is 0 Å². The summed E-state index contributed by atoms with van der Waals surface area (Å²) in [6.07, 6.45) is -8.94. The van der Waals surface area contributed by atoms with Gasteiger partial charge in [0.25, 0.3) is 0 Å². The fourth-order valence-corrected chi connectivity index (χ4v) is 3.03. The van der Waals surface area contributed by atoms with Gasteiger partial charge in [-0.15, -0.1) is 0 Å². The average Bonchev–Trinajstić information content (AvgIpc) is 3.07. The number of carbonyl (C=O) groups is 2. The highest BCUT2D eigenvalue weighted by atomic mass is 19.4. The van der Waals surface area contributed by atoms with E-state index in [1.54, 1.807) is 18.4 Å². The SMILES string of the molecule is CCOC(=O)C(=O)Nc1cc(C(F)(F)F)c(Oc2ccc3[nH]cc(C)c3c2)c(C(F)(F)F)c1. The van der Waals surface area contributed by atoms with Crippen LogP contribution >= 0.6 is 0 Å². The third-order valence-corrected chi connectivity index (χ3v) is 4.50. The molecule has 1 amide bonds. The molecule has 0 aliphatic rings. The molecule has 1 heterocycles. The van der Waals surface area contributed by atoms with Crippen molar-refractivity contribution >= 4 is 28.5 Å². The van der Waals surface area contributed by atoms with Gasteiger partial charge in [-0.25, -0.2) is 4.79 Å². The van der Waals surface area contributed by atoms with Crippen molar-refractivity contribution in [1.82, 2.24) is 4.98 Å². The van der Waals surface area contributed by atoms with Crippen molar-refractivity contribution in [1.29, 1.82) is 0 Å². The van der Waals surface area contributed by atoms with Gasteiger partial charge in [0.05, 0.1) is 6.61 Å². The summed E-state index contributed by atoms with van der Waals surface area (Å²) >= 11 is 0. The van der Waals surface area contributed by atoms with Crippen LogP contribution in [-0.2, 0) is 26.7 Å². The minimum Gasteiger partial charge on any atom is -0.459 e. The number of halogens is 6. The molecule has 0 aliphatic heterocycles. The van der Waals surface area contributed by atoms with Crippen LogP contribution in [0.15, 0.2) is 36.5 Å².